The van der Waals surface area contributed by atoms with Crippen LogP contribution < -0.4 is 14.8 Å². The molecule has 2 heterocycles. The summed E-state index contributed by atoms with van der Waals surface area (Å²) in [5, 5.41) is 4.47. The van der Waals surface area contributed by atoms with Crippen molar-refractivity contribution in [2.45, 2.75) is 32.5 Å². The minimum atomic E-state index is -0.124. The lowest BCUT2D eigenvalue weighted by atomic mass is 10.2. The summed E-state index contributed by atoms with van der Waals surface area (Å²) in [6.45, 7) is 3.16. The maximum absolute atomic E-state index is 12.9. The Labute approximate surface area is 162 Å². The van der Waals surface area contributed by atoms with Gasteiger partial charge in [-0.2, -0.15) is 0 Å². The highest BCUT2D eigenvalue weighted by molar-refractivity contribution is 6.36. The first-order chi connectivity index (χ1) is 13.1. The first-order valence-corrected chi connectivity index (χ1v) is 9.38. The first-order valence-electron chi connectivity index (χ1n) is 9.00. The Balaban J connectivity index is 1.62. The monoisotopic (exact) mass is 384 g/mol. The first kappa shape index (κ1) is 17.7. The fraction of sp³-hybridized carbons (Fsp3) is 0.286. The van der Waals surface area contributed by atoms with E-state index in [1.165, 1.54) is 0 Å². The summed E-state index contributed by atoms with van der Waals surface area (Å²) in [4.78, 5) is 12.9. The van der Waals surface area contributed by atoms with E-state index in [-0.39, 0.29) is 12.0 Å². The number of rotatable bonds is 5. The molecule has 1 N–H and O–H groups in total. The van der Waals surface area contributed by atoms with Crippen LogP contribution in [0.15, 0.2) is 42.5 Å². The van der Waals surface area contributed by atoms with Crippen LogP contribution in [0, 0.1) is 0 Å². The molecule has 0 fully saturated rings. The number of hydrogen-bond donors (Lipinski definition) is 1. The van der Waals surface area contributed by atoms with Crippen LogP contribution in [0.3, 0.4) is 0 Å². The van der Waals surface area contributed by atoms with Crippen LogP contribution in [0.5, 0.6) is 11.5 Å². The average Bonchev–Trinajstić information content (AvgIpc) is 3.10. The summed E-state index contributed by atoms with van der Waals surface area (Å²) in [5.74, 6) is 1.45. The van der Waals surface area contributed by atoms with Gasteiger partial charge in [0.05, 0.1) is 24.2 Å². The summed E-state index contributed by atoms with van der Waals surface area (Å²) in [6, 6.07) is 13.2. The van der Waals surface area contributed by atoms with Gasteiger partial charge in [0, 0.05) is 11.9 Å². The van der Waals surface area contributed by atoms with Crippen molar-refractivity contribution >= 4 is 28.4 Å². The van der Waals surface area contributed by atoms with Crippen LogP contribution in [0.4, 0.5) is 0 Å². The van der Waals surface area contributed by atoms with Gasteiger partial charge in [0.25, 0.3) is 5.91 Å². The summed E-state index contributed by atoms with van der Waals surface area (Å²) < 4.78 is 13.2. The molecule has 1 aliphatic heterocycles. The minimum Gasteiger partial charge on any atom is -0.497 e. The van der Waals surface area contributed by atoms with Crippen molar-refractivity contribution < 1.29 is 14.3 Å². The number of halogens is 1. The van der Waals surface area contributed by atoms with Crippen molar-refractivity contribution in [1.29, 1.82) is 0 Å². The van der Waals surface area contributed by atoms with E-state index in [9.17, 15) is 4.79 Å². The molecule has 27 heavy (non-hydrogen) atoms. The molecule has 1 aliphatic rings. The average molecular weight is 385 g/mol. The van der Waals surface area contributed by atoms with Crippen LogP contribution >= 0.6 is 11.6 Å². The number of benzene rings is 2. The predicted molar refractivity (Wildman–Crippen MR) is 106 cm³/mol. The molecule has 4 rings (SSSR count). The number of nitrogens with zero attached hydrogens (tertiary/aromatic N) is 1. The maximum atomic E-state index is 12.9. The molecule has 5 nitrogen and oxygen atoms in total. The normalized spacial score (nSPS) is 15.4. The summed E-state index contributed by atoms with van der Waals surface area (Å²) >= 11 is 6.36. The van der Waals surface area contributed by atoms with Gasteiger partial charge < -0.3 is 19.4 Å². The second-order valence-electron chi connectivity index (χ2n) is 6.63. The lowest BCUT2D eigenvalue weighted by Crippen LogP contribution is -2.31. The smallest absolute Gasteiger partial charge is 0.268 e. The SMILES string of the molecule is CCC1Cn2c(C(=O)NCc3ccc(OC)cc3)cc3c(Cl)ccc(c32)O1. The third-order valence-corrected chi connectivity index (χ3v) is 5.28. The van der Waals surface area contributed by atoms with E-state index in [1.807, 2.05) is 47.0 Å². The molecule has 3 aromatic rings. The second-order valence-corrected chi connectivity index (χ2v) is 7.03. The molecule has 6 heteroatoms. The Hall–Kier alpha value is -2.66. The zero-order valence-electron chi connectivity index (χ0n) is 15.3. The number of aromatic nitrogens is 1. The molecule has 140 valence electrons. The number of carbonyl (C=O) groups excluding carboxylic acids is 1. The number of methoxy groups -OCH3 is 1. The summed E-state index contributed by atoms with van der Waals surface area (Å²) in [7, 11) is 1.63. The van der Waals surface area contributed by atoms with Gasteiger partial charge in [-0.3, -0.25) is 4.79 Å². The largest absolute Gasteiger partial charge is 0.497 e. The van der Waals surface area contributed by atoms with Crippen molar-refractivity contribution in [2.24, 2.45) is 0 Å². The Morgan fingerprint density at radius 1 is 1.30 bits per heavy atom. The van der Waals surface area contributed by atoms with Gasteiger partial charge in [0.1, 0.15) is 23.3 Å². The van der Waals surface area contributed by atoms with Gasteiger partial charge in [-0.15, -0.1) is 0 Å². The van der Waals surface area contributed by atoms with E-state index in [1.54, 1.807) is 7.11 Å². The molecular formula is C21H21ClN2O3. The number of ether oxygens (including phenoxy) is 2. The maximum Gasteiger partial charge on any atom is 0.268 e. The van der Waals surface area contributed by atoms with Crippen molar-refractivity contribution in [2.75, 3.05) is 7.11 Å². The summed E-state index contributed by atoms with van der Waals surface area (Å²) in [5.41, 5.74) is 2.50. The van der Waals surface area contributed by atoms with E-state index in [0.29, 0.717) is 23.8 Å². The fourth-order valence-electron chi connectivity index (χ4n) is 3.44. The van der Waals surface area contributed by atoms with Crippen LogP contribution in [-0.4, -0.2) is 23.7 Å². The second kappa shape index (κ2) is 7.16. The highest BCUT2D eigenvalue weighted by atomic mass is 35.5. The third kappa shape index (κ3) is 3.23. The molecule has 0 saturated heterocycles. The number of nitrogens with one attached hydrogen (secondary N) is 1. The molecule has 0 saturated carbocycles. The highest BCUT2D eigenvalue weighted by Crippen LogP contribution is 2.38. The number of carbonyl (C=O) groups is 1. The van der Waals surface area contributed by atoms with E-state index in [4.69, 9.17) is 21.1 Å². The van der Waals surface area contributed by atoms with E-state index >= 15 is 0 Å². The molecule has 0 bridgehead atoms. The Morgan fingerprint density at radius 3 is 2.78 bits per heavy atom. The zero-order chi connectivity index (χ0) is 19.0. The molecule has 1 unspecified atom stereocenters. The quantitative estimate of drug-likeness (QED) is 0.709. The lowest BCUT2D eigenvalue weighted by molar-refractivity contribution is 0.0935. The van der Waals surface area contributed by atoms with Crippen molar-refractivity contribution in [3.63, 3.8) is 0 Å². The molecule has 1 atom stereocenters. The lowest BCUT2D eigenvalue weighted by Gasteiger charge is -2.26. The fourth-order valence-corrected chi connectivity index (χ4v) is 3.64. The predicted octanol–water partition coefficient (Wildman–Crippen LogP) is 4.40. The van der Waals surface area contributed by atoms with Crippen LogP contribution in [0.2, 0.25) is 5.02 Å². The van der Waals surface area contributed by atoms with Crippen molar-refractivity contribution in [1.82, 2.24) is 9.88 Å². The topological polar surface area (TPSA) is 52.5 Å². The molecule has 1 amide bonds. The van der Waals surface area contributed by atoms with Crippen LogP contribution in [0.25, 0.3) is 10.9 Å². The van der Waals surface area contributed by atoms with Gasteiger partial charge in [0.15, 0.2) is 0 Å². The number of amides is 1. The van der Waals surface area contributed by atoms with Gasteiger partial charge in [-0.1, -0.05) is 30.7 Å². The third-order valence-electron chi connectivity index (χ3n) is 4.95. The molecule has 0 spiro atoms. The molecule has 1 aromatic heterocycles. The van der Waals surface area contributed by atoms with Crippen molar-refractivity contribution in [3.8, 4) is 11.5 Å². The molecule has 0 aliphatic carbocycles. The molecular weight excluding hydrogens is 364 g/mol. The zero-order valence-corrected chi connectivity index (χ0v) is 16.0. The standard InChI is InChI=1S/C21H21ClN2O3/c1-3-14-12-24-18(10-16-17(22)8-9-19(27-14)20(16)24)21(25)23-11-13-4-6-15(26-2)7-5-13/h4-10,14H,3,11-12H2,1-2H3,(H,23,25). The van der Waals surface area contributed by atoms with Crippen molar-refractivity contribution in [3.05, 3.63) is 58.7 Å². The van der Waals surface area contributed by atoms with Crippen LogP contribution in [-0.2, 0) is 13.1 Å². The highest BCUT2D eigenvalue weighted by Gasteiger charge is 2.26. The van der Waals surface area contributed by atoms with E-state index in [0.717, 1.165) is 34.4 Å². The van der Waals surface area contributed by atoms with E-state index in [2.05, 4.69) is 12.2 Å². The molecule has 2 aromatic carbocycles. The Morgan fingerprint density at radius 2 is 2.07 bits per heavy atom. The van der Waals surface area contributed by atoms with Gasteiger partial charge >= 0.3 is 0 Å². The van der Waals surface area contributed by atoms with E-state index < -0.39 is 0 Å². The van der Waals surface area contributed by atoms with Gasteiger partial charge in [-0.25, -0.2) is 0 Å². The molecule has 0 radical (unpaired) electrons. The summed E-state index contributed by atoms with van der Waals surface area (Å²) in [6.07, 6.45) is 0.914. The minimum absolute atomic E-state index is 0.0439. The van der Waals surface area contributed by atoms with Gasteiger partial charge in [0.2, 0.25) is 0 Å². The Kier molecular flexibility index (Phi) is 4.70. The van der Waals surface area contributed by atoms with Crippen LogP contribution in [0.1, 0.15) is 29.4 Å². The van der Waals surface area contributed by atoms with Gasteiger partial charge in [-0.05, 0) is 42.3 Å². The number of hydrogen-bond acceptors (Lipinski definition) is 3. The Bertz CT molecular complexity index is 995.